The van der Waals surface area contributed by atoms with Crippen molar-refractivity contribution >= 4 is 160 Å². The van der Waals surface area contributed by atoms with E-state index >= 15 is 0 Å². The Labute approximate surface area is 356 Å². The summed E-state index contributed by atoms with van der Waals surface area (Å²) in [5.41, 5.74) is 6.37. The molecule has 0 saturated carbocycles. The number of hydrogen-bond acceptors (Lipinski definition) is 0. The van der Waals surface area contributed by atoms with Crippen LogP contribution >= 0.6 is 10.0 Å². The number of aromatic nitrogens is 2. The van der Waals surface area contributed by atoms with Gasteiger partial charge in [-0.15, -0.1) is 31.9 Å². The molecule has 8 aromatic carbocycles. The van der Waals surface area contributed by atoms with Crippen molar-refractivity contribution in [2.24, 2.45) is 0 Å². The molecule has 0 N–H and O–H groups in total. The van der Waals surface area contributed by atoms with Gasteiger partial charge in [0.05, 0.1) is 11.0 Å². The van der Waals surface area contributed by atoms with Gasteiger partial charge in [0, 0.05) is 52.8 Å². The van der Waals surface area contributed by atoms with E-state index in [1.54, 1.807) is 0 Å². The average Bonchev–Trinajstić information content (AvgIpc) is 3.82. The molecular formula is C48H26B8N2S. The fourth-order valence-corrected chi connectivity index (χ4v) is 12.8. The molecule has 11 heteroatoms. The SMILES string of the molecule is [B]c1c([B])c([B])c2c(c1[B])c1c([B])c([B])c([B])c([B])c1n2-c1ccc2c(c1)c1ccccc1n2-c1cccc(S(c2ccccc2)(c2ccccc2)c2ccccc2)c1. The van der Waals surface area contributed by atoms with Crippen LogP contribution in [0.5, 0.6) is 0 Å². The van der Waals surface area contributed by atoms with Crippen LogP contribution in [-0.4, -0.2) is 71.9 Å². The van der Waals surface area contributed by atoms with Crippen LogP contribution in [0, 0.1) is 0 Å². The predicted octanol–water partition coefficient (Wildman–Crippen LogP) is 3.57. The first kappa shape index (κ1) is 37.5. The zero-order valence-corrected chi connectivity index (χ0v) is 32.7. The molecule has 0 atom stereocenters. The maximum absolute atomic E-state index is 6.80. The fraction of sp³-hybridized carbons (Fsp3) is 0. The van der Waals surface area contributed by atoms with Crippen LogP contribution in [0.1, 0.15) is 0 Å². The Morgan fingerprint density at radius 1 is 0.305 bits per heavy atom. The predicted molar refractivity (Wildman–Crippen MR) is 258 cm³/mol. The third-order valence-corrected chi connectivity index (χ3v) is 15.5. The van der Waals surface area contributed by atoms with Crippen molar-refractivity contribution in [2.75, 3.05) is 0 Å². The van der Waals surface area contributed by atoms with Crippen LogP contribution < -0.4 is 43.7 Å². The maximum atomic E-state index is 6.80. The van der Waals surface area contributed by atoms with Crippen LogP contribution in [0.2, 0.25) is 0 Å². The van der Waals surface area contributed by atoms with Crippen LogP contribution in [0.25, 0.3) is 55.0 Å². The molecule has 0 aliphatic carbocycles. The summed E-state index contributed by atoms with van der Waals surface area (Å²) in [6.07, 6.45) is 0. The molecule has 0 unspecified atom stereocenters. The minimum Gasteiger partial charge on any atom is -0.311 e. The maximum Gasteiger partial charge on any atom is 0.115 e. The van der Waals surface area contributed by atoms with Crippen LogP contribution in [-0.2, 0) is 0 Å². The normalized spacial score (nSPS) is 12.2. The first-order valence-electron chi connectivity index (χ1n) is 19.1. The van der Waals surface area contributed by atoms with Crippen molar-refractivity contribution in [1.82, 2.24) is 9.13 Å². The monoisotopic (exact) mass is 750 g/mol. The van der Waals surface area contributed by atoms with Gasteiger partial charge in [-0.1, -0.05) is 101 Å². The molecule has 0 aliphatic heterocycles. The van der Waals surface area contributed by atoms with E-state index in [2.05, 4.69) is 156 Å². The second kappa shape index (κ2) is 14.2. The van der Waals surface area contributed by atoms with E-state index in [1.165, 1.54) is 19.6 Å². The quantitative estimate of drug-likeness (QED) is 0.231. The highest BCUT2D eigenvalue weighted by atomic mass is 32.3. The summed E-state index contributed by atoms with van der Waals surface area (Å²) in [6, 6.07) is 56.2. The summed E-state index contributed by atoms with van der Waals surface area (Å²) in [4.78, 5) is 4.95. The van der Waals surface area contributed by atoms with Gasteiger partial charge in [0.15, 0.2) is 0 Å². The van der Waals surface area contributed by atoms with Crippen LogP contribution in [0.3, 0.4) is 0 Å². The van der Waals surface area contributed by atoms with E-state index in [0.717, 1.165) is 33.2 Å². The number of rotatable bonds is 6. The Bertz CT molecular complexity index is 3140. The molecule has 0 amide bonds. The molecule has 2 heterocycles. The highest BCUT2D eigenvalue weighted by molar-refractivity contribution is 8.34. The molecule has 59 heavy (non-hydrogen) atoms. The van der Waals surface area contributed by atoms with Gasteiger partial charge in [0.1, 0.15) is 62.8 Å². The standard InChI is InChI=1S/C48H26B8N2S/c49-39-37-38-40(50)42(52)44(54)46(56)48(38)58(47(37)45(55)43(53)41(39)51)28-23-24-36-34(26-28)33-21-10-11-22-35(33)57(36)27-13-12-20-32(25-27)59(29-14-4-1-5-15-29,30-16-6-2-7-17-30)31-18-8-3-9-19-31/h1-26H. The molecule has 2 aromatic heterocycles. The molecule has 0 saturated heterocycles. The summed E-state index contributed by atoms with van der Waals surface area (Å²) >= 11 is 0. The van der Waals surface area contributed by atoms with E-state index in [4.69, 9.17) is 62.8 Å². The van der Waals surface area contributed by atoms with Gasteiger partial charge < -0.3 is 9.13 Å². The first-order chi connectivity index (χ1) is 28.6. The molecule has 16 radical (unpaired) electrons. The molecule has 10 aromatic rings. The minimum absolute atomic E-state index is 0.154. The molecule has 258 valence electrons. The first-order valence-corrected chi connectivity index (χ1v) is 20.7. The van der Waals surface area contributed by atoms with Crippen molar-refractivity contribution in [2.45, 2.75) is 19.6 Å². The minimum atomic E-state index is -1.94. The number of fused-ring (bicyclic) bond motifs is 6. The van der Waals surface area contributed by atoms with E-state index in [0.29, 0.717) is 21.8 Å². The second-order valence-electron chi connectivity index (χ2n) is 14.7. The van der Waals surface area contributed by atoms with Gasteiger partial charge in [-0.2, -0.15) is 0 Å². The van der Waals surface area contributed by atoms with Crippen molar-refractivity contribution in [1.29, 1.82) is 0 Å². The Morgan fingerprint density at radius 3 is 1.25 bits per heavy atom. The average molecular weight is 749 g/mol. The third-order valence-electron chi connectivity index (χ3n) is 11.6. The van der Waals surface area contributed by atoms with E-state index in [1.807, 2.05) is 10.6 Å². The van der Waals surface area contributed by atoms with Crippen molar-refractivity contribution in [3.63, 3.8) is 0 Å². The summed E-state index contributed by atoms with van der Waals surface area (Å²) < 4.78 is 4.24. The van der Waals surface area contributed by atoms with Gasteiger partial charge in [-0.25, -0.2) is 0 Å². The summed E-state index contributed by atoms with van der Waals surface area (Å²) in [5, 5.41) is 3.05. The number of para-hydroxylation sites is 1. The Morgan fingerprint density at radius 2 is 0.729 bits per heavy atom. The zero-order chi connectivity index (χ0) is 40.7. The molecule has 0 aliphatic rings. The van der Waals surface area contributed by atoms with E-state index in [9.17, 15) is 0 Å². The van der Waals surface area contributed by atoms with Crippen molar-refractivity contribution in [3.8, 4) is 11.4 Å². The van der Waals surface area contributed by atoms with Gasteiger partial charge in [-0.3, -0.25) is 0 Å². The van der Waals surface area contributed by atoms with Crippen LogP contribution in [0.4, 0.5) is 0 Å². The second-order valence-corrected chi connectivity index (χ2v) is 17.8. The number of hydrogen-bond donors (Lipinski definition) is 0. The highest BCUT2D eigenvalue weighted by Gasteiger charge is 2.33. The summed E-state index contributed by atoms with van der Waals surface area (Å²) in [6.45, 7) is 0. The summed E-state index contributed by atoms with van der Waals surface area (Å²) in [5.74, 6) is 0. The molecule has 2 nitrogen and oxygen atoms in total. The Balaban J connectivity index is 1.27. The van der Waals surface area contributed by atoms with Crippen LogP contribution in [0.15, 0.2) is 177 Å². The molecule has 0 fully saturated rings. The molecule has 0 spiro atoms. The van der Waals surface area contributed by atoms with Gasteiger partial charge >= 0.3 is 0 Å². The van der Waals surface area contributed by atoms with Gasteiger partial charge in [-0.05, 0) is 89.6 Å². The number of nitrogens with zero attached hydrogens (tertiary/aromatic N) is 2. The lowest BCUT2D eigenvalue weighted by atomic mass is 9.63. The lowest BCUT2D eigenvalue weighted by Gasteiger charge is -2.42. The largest absolute Gasteiger partial charge is 0.311 e. The third kappa shape index (κ3) is 5.40. The highest BCUT2D eigenvalue weighted by Crippen LogP contribution is 2.73. The van der Waals surface area contributed by atoms with E-state index in [-0.39, 0.29) is 43.7 Å². The number of benzene rings is 8. The zero-order valence-electron chi connectivity index (χ0n) is 31.9. The lowest BCUT2D eigenvalue weighted by molar-refractivity contribution is 1.14. The summed E-state index contributed by atoms with van der Waals surface area (Å²) in [7, 11) is 50.8. The van der Waals surface area contributed by atoms with Crippen molar-refractivity contribution < 1.29 is 0 Å². The molecule has 0 bridgehead atoms. The topological polar surface area (TPSA) is 9.86 Å². The molecular weight excluding hydrogens is 723 g/mol. The molecule has 10 rings (SSSR count). The Hall–Kier alpha value is -5.77. The lowest BCUT2D eigenvalue weighted by Crippen LogP contribution is -2.49. The van der Waals surface area contributed by atoms with Gasteiger partial charge in [0.25, 0.3) is 0 Å². The van der Waals surface area contributed by atoms with Gasteiger partial charge in [0.2, 0.25) is 0 Å². The fourth-order valence-electron chi connectivity index (χ4n) is 8.85. The smallest absolute Gasteiger partial charge is 0.115 e. The van der Waals surface area contributed by atoms with Crippen molar-refractivity contribution in [3.05, 3.63) is 158 Å². The van der Waals surface area contributed by atoms with E-state index < -0.39 is 10.0 Å². The Kier molecular flexibility index (Phi) is 9.03.